The minimum atomic E-state index is 0.740. The van der Waals surface area contributed by atoms with Gasteiger partial charge in [0.2, 0.25) is 0 Å². The third-order valence-electron chi connectivity index (χ3n) is 3.78. The first-order chi connectivity index (χ1) is 8.49. The fourth-order valence-corrected chi connectivity index (χ4v) is 2.63. The first-order valence-electron chi connectivity index (χ1n) is 7.79. The van der Waals surface area contributed by atoms with E-state index in [4.69, 9.17) is 0 Å². The van der Waals surface area contributed by atoms with E-state index in [1.54, 1.807) is 0 Å². The zero-order chi connectivity index (χ0) is 14.0. The van der Waals surface area contributed by atoms with E-state index in [9.17, 15) is 0 Å². The van der Waals surface area contributed by atoms with Crippen molar-refractivity contribution >= 4 is 0 Å². The molecule has 0 aromatic carbocycles. The molecule has 0 N–H and O–H groups in total. The van der Waals surface area contributed by atoms with Crippen molar-refractivity contribution in [1.29, 1.82) is 0 Å². The van der Waals surface area contributed by atoms with Gasteiger partial charge >= 0.3 is 0 Å². The van der Waals surface area contributed by atoms with Gasteiger partial charge in [0.05, 0.1) is 0 Å². The molecule has 3 unspecified atom stereocenters. The van der Waals surface area contributed by atoms with Gasteiger partial charge in [-0.25, -0.2) is 0 Å². The van der Waals surface area contributed by atoms with Gasteiger partial charge in [-0.15, -0.1) is 0 Å². The molecule has 0 radical (unpaired) electrons. The summed E-state index contributed by atoms with van der Waals surface area (Å²) in [5.41, 5.74) is 1.54. The monoisotopic (exact) mass is 250 g/mol. The van der Waals surface area contributed by atoms with Crippen LogP contribution in [0.15, 0.2) is 23.8 Å². The van der Waals surface area contributed by atoms with E-state index >= 15 is 0 Å². The summed E-state index contributed by atoms with van der Waals surface area (Å²) in [6, 6.07) is 0. The average Bonchev–Trinajstić information content (AvgIpc) is 2.28. The number of hydrogen-bond acceptors (Lipinski definition) is 0. The second kappa shape index (κ2) is 10.4. The maximum atomic E-state index is 2.45. The first kappa shape index (κ1) is 17.5. The van der Waals surface area contributed by atoms with Crippen molar-refractivity contribution < 1.29 is 0 Å². The van der Waals surface area contributed by atoms with E-state index in [1.807, 2.05) is 0 Å². The predicted molar refractivity (Wildman–Crippen MR) is 84.8 cm³/mol. The molecule has 0 aliphatic carbocycles. The molecule has 0 bridgehead atoms. The van der Waals surface area contributed by atoms with Crippen LogP contribution in [0.3, 0.4) is 0 Å². The molecule has 0 heterocycles. The smallest absolute Gasteiger partial charge is 0.0259 e. The van der Waals surface area contributed by atoms with Gasteiger partial charge in [-0.05, 0) is 50.9 Å². The molecule has 0 saturated carbocycles. The lowest BCUT2D eigenvalue weighted by molar-refractivity contribution is 0.410. The molecule has 0 amide bonds. The molecule has 0 rings (SSSR count). The molecule has 18 heavy (non-hydrogen) atoms. The van der Waals surface area contributed by atoms with E-state index in [0.29, 0.717) is 0 Å². The summed E-state index contributed by atoms with van der Waals surface area (Å²) in [7, 11) is 0. The van der Waals surface area contributed by atoms with Crippen LogP contribution >= 0.6 is 0 Å². The van der Waals surface area contributed by atoms with Gasteiger partial charge < -0.3 is 0 Å². The van der Waals surface area contributed by atoms with Crippen molar-refractivity contribution in [2.24, 2.45) is 17.8 Å². The van der Waals surface area contributed by atoms with E-state index in [1.165, 1.54) is 37.7 Å². The molecule has 0 aliphatic heterocycles. The lowest BCUT2D eigenvalue weighted by Gasteiger charge is -2.15. The zero-order valence-corrected chi connectivity index (χ0v) is 13.5. The van der Waals surface area contributed by atoms with Crippen molar-refractivity contribution in [3.05, 3.63) is 23.8 Å². The normalized spacial score (nSPS) is 18.0. The van der Waals surface area contributed by atoms with Crippen LogP contribution in [-0.2, 0) is 0 Å². The third kappa shape index (κ3) is 9.50. The van der Waals surface area contributed by atoms with Gasteiger partial charge in [-0.1, -0.05) is 64.3 Å². The molecular formula is C18H34. The summed E-state index contributed by atoms with van der Waals surface area (Å²) in [5.74, 6) is 2.36. The second-order valence-electron chi connectivity index (χ2n) is 6.12. The molecule has 0 aromatic heterocycles. The lowest BCUT2D eigenvalue weighted by atomic mass is 9.91. The van der Waals surface area contributed by atoms with Crippen molar-refractivity contribution in [3.63, 3.8) is 0 Å². The van der Waals surface area contributed by atoms with Crippen LogP contribution in [0.2, 0.25) is 0 Å². The lowest BCUT2D eigenvalue weighted by Crippen LogP contribution is -2.02. The van der Waals surface area contributed by atoms with Crippen LogP contribution in [0.4, 0.5) is 0 Å². The molecule has 0 aliphatic rings. The first-order valence-corrected chi connectivity index (χ1v) is 7.79. The van der Waals surface area contributed by atoms with Crippen molar-refractivity contribution in [2.45, 2.75) is 73.6 Å². The highest BCUT2D eigenvalue weighted by atomic mass is 14.1. The number of hydrogen-bond donors (Lipinski definition) is 0. The topological polar surface area (TPSA) is 0 Å². The van der Waals surface area contributed by atoms with Crippen LogP contribution in [0.5, 0.6) is 0 Å². The Morgan fingerprint density at radius 3 is 2.28 bits per heavy atom. The van der Waals surface area contributed by atoms with Crippen LogP contribution < -0.4 is 0 Å². The molecule has 0 aromatic rings. The maximum Gasteiger partial charge on any atom is -0.0259 e. The van der Waals surface area contributed by atoms with Gasteiger partial charge in [-0.2, -0.15) is 0 Å². The van der Waals surface area contributed by atoms with Crippen molar-refractivity contribution in [1.82, 2.24) is 0 Å². The molecule has 0 saturated heterocycles. The molecule has 0 nitrogen and oxygen atoms in total. The highest BCUT2D eigenvalue weighted by Gasteiger charge is 2.07. The third-order valence-corrected chi connectivity index (χ3v) is 3.78. The molecular weight excluding hydrogens is 216 g/mol. The SMILES string of the molecule is CC=CC(C)CC(C)CCCC(C)C=C(C)CC. The summed E-state index contributed by atoms with van der Waals surface area (Å²) in [4.78, 5) is 0. The van der Waals surface area contributed by atoms with Crippen LogP contribution in [0, 0.1) is 17.8 Å². The van der Waals surface area contributed by atoms with Crippen LogP contribution in [-0.4, -0.2) is 0 Å². The zero-order valence-electron chi connectivity index (χ0n) is 13.5. The average molecular weight is 250 g/mol. The minimum absolute atomic E-state index is 0.740. The summed E-state index contributed by atoms with van der Waals surface area (Å²) < 4.78 is 0. The van der Waals surface area contributed by atoms with E-state index in [2.05, 4.69) is 59.8 Å². The summed E-state index contributed by atoms with van der Waals surface area (Å²) in [6.07, 6.45) is 13.6. The standard InChI is InChI=1S/C18H34/c1-7-10-16(4)14-18(6)12-9-11-17(5)13-15(3)8-2/h7,10,13,16-18H,8-9,11-12,14H2,1-6H3. The van der Waals surface area contributed by atoms with Crippen molar-refractivity contribution in [3.8, 4) is 0 Å². The Kier molecular flexibility index (Phi) is 10.1. The summed E-state index contributed by atoms with van der Waals surface area (Å²) in [6.45, 7) is 13.7. The Bertz CT molecular complexity index is 247. The molecule has 3 atom stereocenters. The quantitative estimate of drug-likeness (QED) is 0.416. The Morgan fingerprint density at radius 2 is 1.72 bits per heavy atom. The highest BCUT2D eigenvalue weighted by molar-refractivity contribution is 4.99. The van der Waals surface area contributed by atoms with Gasteiger partial charge in [0.1, 0.15) is 0 Å². The minimum Gasteiger partial charge on any atom is -0.0914 e. The molecule has 0 heteroatoms. The number of rotatable bonds is 9. The maximum absolute atomic E-state index is 2.45. The van der Waals surface area contributed by atoms with E-state index < -0.39 is 0 Å². The van der Waals surface area contributed by atoms with Gasteiger partial charge in [0, 0.05) is 0 Å². The van der Waals surface area contributed by atoms with Crippen LogP contribution in [0.25, 0.3) is 0 Å². The fourth-order valence-electron chi connectivity index (χ4n) is 2.63. The fraction of sp³-hybridized carbons (Fsp3) is 0.778. The van der Waals surface area contributed by atoms with Gasteiger partial charge in [0.25, 0.3) is 0 Å². The van der Waals surface area contributed by atoms with Gasteiger partial charge in [0.15, 0.2) is 0 Å². The van der Waals surface area contributed by atoms with E-state index in [0.717, 1.165) is 17.8 Å². The second-order valence-corrected chi connectivity index (χ2v) is 6.12. The number of allylic oxidation sites excluding steroid dienone is 4. The van der Waals surface area contributed by atoms with Crippen LogP contribution in [0.1, 0.15) is 73.6 Å². The Hall–Kier alpha value is -0.520. The van der Waals surface area contributed by atoms with Crippen molar-refractivity contribution in [2.75, 3.05) is 0 Å². The summed E-state index contributed by atoms with van der Waals surface area (Å²) >= 11 is 0. The Balaban J connectivity index is 3.77. The van der Waals surface area contributed by atoms with E-state index in [-0.39, 0.29) is 0 Å². The Labute approximate surface area is 116 Å². The largest absolute Gasteiger partial charge is 0.0914 e. The van der Waals surface area contributed by atoms with Gasteiger partial charge in [-0.3, -0.25) is 0 Å². The highest BCUT2D eigenvalue weighted by Crippen LogP contribution is 2.21. The predicted octanol–water partition coefficient (Wildman–Crippen LogP) is 6.39. The Morgan fingerprint density at radius 1 is 1.06 bits per heavy atom. The molecule has 106 valence electrons. The molecule has 0 fully saturated rings. The molecule has 0 spiro atoms. The summed E-state index contributed by atoms with van der Waals surface area (Å²) in [5, 5.41) is 0.